The zero-order valence-corrected chi connectivity index (χ0v) is 21.3. The predicted octanol–water partition coefficient (Wildman–Crippen LogP) is 7.00. The second-order valence-corrected chi connectivity index (χ2v) is 11.3. The molecule has 2 aliphatic carbocycles. The summed E-state index contributed by atoms with van der Waals surface area (Å²) in [6, 6.07) is 11.4. The molecule has 2 atom stereocenters. The van der Waals surface area contributed by atoms with E-state index in [1.165, 1.54) is 0 Å². The van der Waals surface area contributed by atoms with Crippen LogP contribution in [-0.4, -0.2) is 11.9 Å². The predicted molar refractivity (Wildman–Crippen MR) is 128 cm³/mol. The Morgan fingerprint density at radius 3 is 1.59 bits per heavy atom. The van der Waals surface area contributed by atoms with E-state index < -0.39 is 20.6 Å². The summed E-state index contributed by atoms with van der Waals surface area (Å²) >= 11 is 14.2. The maximum atomic E-state index is 13.2. The molecule has 0 saturated heterocycles. The van der Waals surface area contributed by atoms with Gasteiger partial charge in [-0.2, -0.15) is 0 Å². The van der Waals surface area contributed by atoms with E-state index >= 15 is 0 Å². The molecule has 3 nitrogen and oxygen atoms in total. The summed E-state index contributed by atoms with van der Waals surface area (Å²) < 4.78 is 4.76. The van der Waals surface area contributed by atoms with Gasteiger partial charge in [0.15, 0.2) is 8.65 Å². The van der Waals surface area contributed by atoms with Gasteiger partial charge in [0, 0.05) is 20.1 Å². The van der Waals surface area contributed by atoms with Crippen LogP contribution in [0.3, 0.4) is 0 Å². The lowest BCUT2D eigenvalue weighted by atomic mass is 9.86. The molecule has 0 aromatic heterocycles. The highest BCUT2D eigenvalue weighted by Crippen LogP contribution is 2.48. The second-order valence-electron chi connectivity index (χ2n) is 6.90. The molecule has 148 valence electrons. The molecule has 0 spiro atoms. The van der Waals surface area contributed by atoms with Gasteiger partial charge < -0.3 is 4.74 Å². The molecule has 0 N–H and O–H groups in total. The standard InChI is InChI=1S/C22H14Br4O3/c23-15-9-1-5-13-7-3-11-21(25,17(13)15)19(27)29-20(28)22(26)12-4-8-14-6-2-10-16(24)18(14)22/h1-10H,11-12H2. The van der Waals surface area contributed by atoms with Crippen LogP contribution in [0.5, 0.6) is 0 Å². The molecule has 2 aliphatic rings. The first-order valence-electron chi connectivity index (χ1n) is 8.83. The molecule has 0 heterocycles. The minimum atomic E-state index is -1.14. The Kier molecular flexibility index (Phi) is 5.79. The SMILES string of the molecule is O=C(OC(=O)C1(Br)CC=Cc2cccc(Br)c21)C1(Br)CC=Cc2cccc(Br)c21. The van der Waals surface area contributed by atoms with E-state index in [9.17, 15) is 9.59 Å². The number of fused-ring (bicyclic) bond motifs is 2. The van der Waals surface area contributed by atoms with Crippen LogP contribution >= 0.6 is 63.7 Å². The number of ether oxygens (including phenoxy) is 1. The zero-order chi connectivity index (χ0) is 20.8. The largest absolute Gasteiger partial charge is 0.391 e. The minimum Gasteiger partial charge on any atom is -0.391 e. The molecule has 29 heavy (non-hydrogen) atoms. The van der Waals surface area contributed by atoms with E-state index in [-0.39, 0.29) is 0 Å². The molecule has 0 fully saturated rings. The lowest BCUT2D eigenvalue weighted by molar-refractivity contribution is -0.163. The Bertz CT molecular complexity index is 1010. The van der Waals surface area contributed by atoms with Crippen LogP contribution in [0.2, 0.25) is 0 Å². The number of rotatable bonds is 2. The second kappa shape index (κ2) is 7.91. The van der Waals surface area contributed by atoms with Crippen molar-refractivity contribution in [3.05, 3.63) is 79.7 Å². The lowest BCUT2D eigenvalue weighted by Gasteiger charge is -2.33. The molecule has 0 aliphatic heterocycles. The third kappa shape index (κ3) is 3.54. The van der Waals surface area contributed by atoms with Crippen LogP contribution in [0, 0.1) is 0 Å². The highest BCUT2D eigenvalue weighted by atomic mass is 79.9. The third-order valence-electron chi connectivity index (χ3n) is 5.11. The van der Waals surface area contributed by atoms with E-state index in [0.717, 1.165) is 31.2 Å². The van der Waals surface area contributed by atoms with Crippen molar-refractivity contribution in [2.45, 2.75) is 21.5 Å². The lowest BCUT2D eigenvalue weighted by Crippen LogP contribution is -2.40. The Morgan fingerprint density at radius 1 is 0.759 bits per heavy atom. The summed E-state index contributed by atoms with van der Waals surface area (Å²) in [5.74, 6) is -1.27. The molecule has 0 saturated carbocycles. The van der Waals surface area contributed by atoms with Gasteiger partial charge in [-0.1, -0.05) is 112 Å². The molecule has 2 aromatic rings. The Balaban J connectivity index is 1.68. The molecule has 4 rings (SSSR count). The molecule has 2 aromatic carbocycles. The van der Waals surface area contributed by atoms with Gasteiger partial charge in [-0.15, -0.1) is 0 Å². The number of carbonyl (C=O) groups excluding carboxylic acids is 2. The number of carbonyl (C=O) groups is 2. The van der Waals surface area contributed by atoms with Gasteiger partial charge in [-0.25, -0.2) is 9.59 Å². The fourth-order valence-electron chi connectivity index (χ4n) is 3.71. The molecular weight excluding hydrogens is 632 g/mol. The van der Waals surface area contributed by atoms with Crippen LogP contribution in [0.25, 0.3) is 12.2 Å². The van der Waals surface area contributed by atoms with E-state index in [1.54, 1.807) is 0 Å². The monoisotopic (exact) mass is 642 g/mol. The first kappa shape index (κ1) is 21.2. The van der Waals surface area contributed by atoms with Gasteiger partial charge in [0.1, 0.15) is 0 Å². The first-order valence-corrected chi connectivity index (χ1v) is 12.0. The van der Waals surface area contributed by atoms with Crippen molar-refractivity contribution in [3.8, 4) is 0 Å². The van der Waals surface area contributed by atoms with Gasteiger partial charge in [0.25, 0.3) is 0 Å². The maximum Gasteiger partial charge on any atom is 0.335 e. The van der Waals surface area contributed by atoms with Crippen molar-refractivity contribution in [2.24, 2.45) is 0 Å². The van der Waals surface area contributed by atoms with Gasteiger partial charge in [-0.3, -0.25) is 0 Å². The summed E-state index contributed by atoms with van der Waals surface area (Å²) in [4.78, 5) is 26.5. The summed E-state index contributed by atoms with van der Waals surface area (Å²) in [6.07, 6.45) is 8.47. The maximum absolute atomic E-state index is 13.2. The number of esters is 2. The van der Waals surface area contributed by atoms with Gasteiger partial charge in [0.2, 0.25) is 0 Å². The Hall–Kier alpha value is -1.02. The summed E-state index contributed by atoms with van der Waals surface area (Å²) in [5, 5.41) is 0. The highest BCUT2D eigenvalue weighted by molar-refractivity contribution is 9.11. The van der Waals surface area contributed by atoms with Crippen LogP contribution in [0.4, 0.5) is 0 Å². The Labute approximate surface area is 202 Å². The van der Waals surface area contributed by atoms with Gasteiger partial charge in [0.05, 0.1) is 0 Å². The van der Waals surface area contributed by atoms with E-state index in [2.05, 4.69) is 63.7 Å². The summed E-state index contributed by atoms with van der Waals surface area (Å²) in [5.41, 5.74) is 3.31. The van der Waals surface area contributed by atoms with Gasteiger partial charge in [-0.05, 0) is 36.1 Å². The summed E-state index contributed by atoms with van der Waals surface area (Å²) in [7, 11) is 0. The number of alkyl halides is 2. The highest BCUT2D eigenvalue weighted by Gasteiger charge is 2.48. The molecule has 7 heteroatoms. The van der Waals surface area contributed by atoms with E-state index in [1.807, 2.05) is 60.7 Å². The topological polar surface area (TPSA) is 43.4 Å². The van der Waals surface area contributed by atoms with Crippen LogP contribution in [0.1, 0.15) is 35.1 Å². The van der Waals surface area contributed by atoms with Crippen molar-refractivity contribution in [1.29, 1.82) is 0 Å². The number of benzene rings is 2. The van der Waals surface area contributed by atoms with Crippen molar-refractivity contribution < 1.29 is 14.3 Å². The zero-order valence-electron chi connectivity index (χ0n) is 14.9. The van der Waals surface area contributed by atoms with Crippen LogP contribution in [0.15, 0.2) is 57.5 Å². The minimum absolute atomic E-state index is 0.379. The normalized spacial score (nSPS) is 24.6. The van der Waals surface area contributed by atoms with Crippen molar-refractivity contribution in [3.63, 3.8) is 0 Å². The average molecular weight is 646 g/mol. The molecule has 0 bridgehead atoms. The van der Waals surface area contributed by atoms with Crippen molar-refractivity contribution in [1.82, 2.24) is 0 Å². The Morgan fingerprint density at radius 2 is 1.17 bits per heavy atom. The van der Waals surface area contributed by atoms with Gasteiger partial charge >= 0.3 is 11.9 Å². The third-order valence-corrected chi connectivity index (χ3v) is 8.52. The van der Waals surface area contributed by atoms with E-state index in [0.29, 0.717) is 12.8 Å². The van der Waals surface area contributed by atoms with Crippen LogP contribution < -0.4 is 0 Å². The van der Waals surface area contributed by atoms with Crippen molar-refractivity contribution in [2.75, 3.05) is 0 Å². The fourth-order valence-corrected chi connectivity index (χ4v) is 7.11. The fraction of sp³-hybridized carbons (Fsp3) is 0.182. The molecule has 0 amide bonds. The number of allylic oxidation sites excluding steroid dienone is 2. The quantitative estimate of drug-likeness (QED) is 0.201. The van der Waals surface area contributed by atoms with Crippen molar-refractivity contribution >= 4 is 87.8 Å². The molecular formula is C22H14Br4O3. The first-order chi connectivity index (χ1) is 13.8. The summed E-state index contributed by atoms with van der Waals surface area (Å²) in [6.45, 7) is 0. The van der Waals surface area contributed by atoms with Crippen LogP contribution in [-0.2, 0) is 23.0 Å². The average Bonchev–Trinajstić information content (AvgIpc) is 2.68. The number of hydrogen-bond donors (Lipinski definition) is 0. The smallest absolute Gasteiger partial charge is 0.335 e. The number of hydrogen-bond acceptors (Lipinski definition) is 3. The molecule has 2 unspecified atom stereocenters. The van der Waals surface area contributed by atoms with E-state index in [4.69, 9.17) is 4.74 Å². The number of halogens is 4. The molecule has 0 radical (unpaired) electrons.